The molecule has 0 atom stereocenters. The number of nitrogens with two attached hydrogens (primary N) is 1. The molecule has 0 unspecified atom stereocenters. The summed E-state index contributed by atoms with van der Waals surface area (Å²) in [5.41, 5.74) is 2.07. The van der Waals surface area contributed by atoms with Gasteiger partial charge in [0.15, 0.2) is 5.84 Å². The molecule has 1 saturated heterocycles. The quantitative estimate of drug-likeness (QED) is 0.316. The highest BCUT2D eigenvalue weighted by Crippen LogP contribution is 2.24. The Morgan fingerprint density at radius 3 is 2.68 bits per heavy atom. The van der Waals surface area contributed by atoms with Crippen molar-refractivity contribution in [1.29, 1.82) is 0 Å². The highest BCUT2D eigenvalue weighted by atomic mass is 79.9. The number of piperidine rings is 1. The van der Waals surface area contributed by atoms with Crippen molar-refractivity contribution in [3.63, 3.8) is 0 Å². The summed E-state index contributed by atoms with van der Waals surface area (Å²) in [7, 11) is 0. The van der Waals surface area contributed by atoms with E-state index in [-0.39, 0.29) is 23.2 Å². The van der Waals surface area contributed by atoms with Crippen LogP contribution in [-0.2, 0) is 4.79 Å². The molecule has 9 heteroatoms. The predicted molar refractivity (Wildman–Crippen MR) is 87.2 cm³/mol. The SMILES string of the molecule is NSN1CCC(C(=O)C(=Nc2cc(F)cc(Br)c2)NO)CC1. The number of amidine groups is 1. The summed E-state index contributed by atoms with van der Waals surface area (Å²) in [6, 6.07) is 4.03. The minimum Gasteiger partial charge on any atom is -0.290 e. The molecule has 0 bridgehead atoms. The Labute approximate surface area is 140 Å². The molecule has 0 radical (unpaired) electrons. The molecule has 1 aromatic rings. The molecule has 1 heterocycles. The summed E-state index contributed by atoms with van der Waals surface area (Å²) in [6.07, 6.45) is 1.27. The molecule has 22 heavy (non-hydrogen) atoms. The van der Waals surface area contributed by atoms with Crippen LogP contribution in [-0.4, -0.2) is 34.2 Å². The lowest BCUT2D eigenvalue weighted by Gasteiger charge is -2.28. The van der Waals surface area contributed by atoms with Gasteiger partial charge in [0.2, 0.25) is 5.78 Å². The minimum absolute atomic E-state index is 0.184. The molecule has 1 aromatic carbocycles. The second kappa shape index (κ2) is 8.02. The summed E-state index contributed by atoms with van der Waals surface area (Å²) in [5, 5.41) is 14.7. The van der Waals surface area contributed by atoms with Crippen molar-refractivity contribution in [2.75, 3.05) is 13.1 Å². The maximum Gasteiger partial charge on any atom is 0.203 e. The van der Waals surface area contributed by atoms with E-state index in [2.05, 4.69) is 20.9 Å². The van der Waals surface area contributed by atoms with Gasteiger partial charge in [0.25, 0.3) is 0 Å². The van der Waals surface area contributed by atoms with Crippen molar-refractivity contribution in [3.05, 3.63) is 28.5 Å². The highest BCUT2D eigenvalue weighted by Gasteiger charge is 2.28. The Bertz CT molecular complexity index is 559. The summed E-state index contributed by atoms with van der Waals surface area (Å²) < 4.78 is 15.8. The summed E-state index contributed by atoms with van der Waals surface area (Å²) in [6.45, 7) is 1.39. The lowest BCUT2D eigenvalue weighted by molar-refractivity contribution is -0.118. The van der Waals surface area contributed by atoms with Gasteiger partial charge in [0.05, 0.1) is 5.69 Å². The molecule has 1 aliphatic heterocycles. The van der Waals surface area contributed by atoms with E-state index in [1.54, 1.807) is 6.07 Å². The van der Waals surface area contributed by atoms with Crippen LogP contribution >= 0.6 is 28.1 Å². The predicted octanol–water partition coefficient (Wildman–Crippen LogP) is 2.40. The van der Waals surface area contributed by atoms with Crippen LogP contribution in [0.5, 0.6) is 0 Å². The number of ketones is 1. The van der Waals surface area contributed by atoms with E-state index >= 15 is 0 Å². The molecule has 6 nitrogen and oxygen atoms in total. The number of rotatable bonds is 4. The van der Waals surface area contributed by atoms with E-state index < -0.39 is 5.82 Å². The van der Waals surface area contributed by atoms with E-state index in [0.29, 0.717) is 30.4 Å². The van der Waals surface area contributed by atoms with Crippen molar-refractivity contribution >= 4 is 45.4 Å². The first-order valence-electron chi connectivity index (χ1n) is 6.64. The Kier molecular flexibility index (Phi) is 6.33. The number of hydrogen-bond donors (Lipinski definition) is 3. The summed E-state index contributed by atoms with van der Waals surface area (Å²) in [5.74, 6) is -1.19. The van der Waals surface area contributed by atoms with Crippen LogP contribution in [0.25, 0.3) is 0 Å². The Balaban J connectivity index is 2.13. The van der Waals surface area contributed by atoms with Gasteiger partial charge in [0.1, 0.15) is 5.82 Å². The molecule has 0 spiro atoms. The molecular weight excluding hydrogens is 375 g/mol. The average molecular weight is 391 g/mol. The van der Waals surface area contributed by atoms with Crippen LogP contribution < -0.4 is 10.6 Å². The molecule has 4 N–H and O–H groups in total. The average Bonchev–Trinajstić information content (AvgIpc) is 2.51. The fraction of sp³-hybridized carbons (Fsp3) is 0.385. The molecular formula is C13H16BrFN4O2S. The zero-order valence-corrected chi connectivity index (χ0v) is 14.0. The van der Waals surface area contributed by atoms with E-state index in [9.17, 15) is 14.4 Å². The fourth-order valence-corrected chi connectivity index (χ4v) is 3.16. The number of hydrogen-bond acceptors (Lipinski definition) is 6. The van der Waals surface area contributed by atoms with Crippen molar-refractivity contribution < 1.29 is 14.4 Å². The lowest BCUT2D eigenvalue weighted by atomic mass is 9.93. The van der Waals surface area contributed by atoms with Crippen molar-refractivity contribution in [1.82, 2.24) is 9.79 Å². The van der Waals surface area contributed by atoms with Crippen LogP contribution in [0.15, 0.2) is 27.7 Å². The van der Waals surface area contributed by atoms with Gasteiger partial charge in [-0.05, 0) is 31.0 Å². The zero-order valence-electron chi connectivity index (χ0n) is 11.6. The topological polar surface area (TPSA) is 91.0 Å². The number of halogens is 2. The van der Waals surface area contributed by atoms with Crippen LogP contribution in [0, 0.1) is 11.7 Å². The number of aliphatic imine (C=N–C) groups is 1. The second-order valence-corrected chi connectivity index (χ2v) is 6.52. The van der Waals surface area contributed by atoms with Crippen molar-refractivity contribution in [2.45, 2.75) is 12.8 Å². The van der Waals surface area contributed by atoms with Crippen LogP contribution in [0.1, 0.15) is 12.8 Å². The highest BCUT2D eigenvalue weighted by molar-refractivity contribution is 9.10. The third-order valence-electron chi connectivity index (χ3n) is 3.40. The second-order valence-electron chi connectivity index (χ2n) is 4.87. The number of carbonyl (C=O) groups is 1. The molecule has 1 fully saturated rings. The molecule has 0 aliphatic carbocycles. The van der Waals surface area contributed by atoms with E-state index in [0.717, 1.165) is 12.1 Å². The fourth-order valence-electron chi connectivity index (χ4n) is 2.28. The molecule has 1 aliphatic rings. The summed E-state index contributed by atoms with van der Waals surface area (Å²) >= 11 is 4.32. The largest absolute Gasteiger partial charge is 0.290 e. The lowest BCUT2D eigenvalue weighted by Crippen LogP contribution is -2.39. The Morgan fingerprint density at radius 1 is 1.45 bits per heavy atom. The molecule has 120 valence electrons. The van der Waals surface area contributed by atoms with Crippen LogP contribution in [0.3, 0.4) is 0 Å². The Hall–Kier alpha value is -1.00. The first-order valence-corrected chi connectivity index (χ1v) is 8.27. The van der Waals surface area contributed by atoms with Gasteiger partial charge in [-0.2, -0.15) is 0 Å². The van der Waals surface area contributed by atoms with Gasteiger partial charge in [0, 0.05) is 35.6 Å². The number of hydroxylamine groups is 1. The number of nitrogens with zero attached hydrogens (tertiary/aromatic N) is 2. The first-order chi connectivity index (χ1) is 10.5. The number of nitrogens with one attached hydrogen (secondary N) is 1. The van der Waals surface area contributed by atoms with Gasteiger partial charge in [-0.25, -0.2) is 19.2 Å². The van der Waals surface area contributed by atoms with Crippen LogP contribution in [0.4, 0.5) is 10.1 Å². The Morgan fingerprint density at radius 2 is 2.14 bits per heavy atom. The number of benzene rings is 1. The van der Waals surface area contributed by atoms with E-state index in [4.69, 9.17) is 5.14 Å². The number of Topliss-reactive ketones (excluding diaryl/α,β-unsaturated/α-hetero) is 1. The monoisotopic (exact) mass is 390 g/mol. The van der Waals surface area contributed by atoms with Gasteiger partial charge in [-0.15, -0.1) is 0 Å². The van der Waals surface area contributed by atoms with Gasteiger partial charge in [-0.3, -0.25) is 15.1 Å². The molecule has 0 saturated carbocycles. The maximum atomic E-state index is 13.3. The van der Waals surface area contributed by atoms with Crippen LogP contribution in [0.2, 0.25) is 0 Å². The normalized spacial score (nSPS) is 17.5. The molecule has 0 amide bonds. The van der Waals surface area contributed by atoms with Gasteiger partial charge in [-0.1, -0.05) is 15.9 Å². The standard InChI is InChI=1S/C13H16BrFN4O2S/c14-9-5-10(15)7-11(6-9)17-13(18-21)12(20)8-1-3-19(22-16)4-2-8/h5-8,21H,1-4,16H2,(H,17,18). The van der Waals surface area contributed by atoms with Crippen molar-refractivity contribution in [2.24, 2.45) is 16.0 Å². The third-order valence-corrected chi connectivity index (χ3v) is 4.52. The molecule has 2 rings (SSSR count). The van der Waals surface area contributed by atoms with Crippen molar-refractivity contribution in [3.8, 4) is 0 Å². The van der Waals surface area contributed by atoms with E-state index in [1.165, 1.54) is 12.1 Å². The smallest absolute Gasteiger partial charge is 0.203 e. The van der Waals surface area contributed by atoms with Gasteiger partial charge < -0.3 is 0 Å². The number of carbonyl (C=O) groups excluding carboxylic acids is 1. The first kappa shape index (κ1) is 17.4. The third kappa shape index (κ3) is 4.50. The maximum absolute atomic E-state index is 13.3. The van der Waals surface area contributed by atoms with Gasteiger partial charge >= 0.3 is 0 Å². The summed E-state index contributed by atoms with van der Waals surface area (Å²) in [4.78, 5) is 16.4. The minimum atomic E-state index is -0.480. The molecule has 0 aromatic heterocycles. The zero-order chi connectivity index (χ0) is 16.1. The van der Waals surface area contributed by atoms with E-state index in [1.807, 2.05) is 9.79 Å².